The van der Waals surface area contributed by atoms with E-state index < -0.39 is 0 Å². The number of amides is 1. The lowest BCUT2D eigenvalue weighted by molar-refractivity contribution is 0.0659. The van der Waals surface area contributed by atoms with Gasteiger partial charge in [-0.15, -0.1) is 0 Å². The molecular weight excluding hydrogens is 300 g/mol. The van der Waals surface area contributed by atoms with E-state index in [9.17, 15) is 4.79 Å². The molecule has 0 aromatic carbocycles. The molecule has 122 valence electrons. The molecule has 22 heavy (non-hydrogen) atoms. The summed E-state index contributed by atoms with van der Waals surface area (Å²) in [6.07, 6.45) is 2.58. The molecule has 0 spiro atoms. The highest BCUT2D eigenvalue weighted by Crippen LogP contribution is 2.09. The summed E-state index contributed by atoms with van der Waals surface area (Å²) in [5.74, 6) is 0.354. The Kier molecular flexibility index (Phi) is 6.21. The van der Waals surface area contributed by atoms with Crippen molar-refractivity contribution in [1.29, 1.82) is 0 Å². The van der Waals surface area contributed by atoms with Crippen LogP contribution in [0.4, 0.5) is 0 Å². The fourth-order valence-corrected chi connectivity index (χ4v) is 2.66. The van der Waals surface area contributed by atoms with Crippen LogP contribution >= 0.6 is 12.2 Å². The minimum atomic E-state index is -0.0467. The number of nitrogens with one attached hydrogen (secondary N) is 1. The number of hydrogen-bond donors (Lipinski definition) is 1. The number of nitrogens with zero attached hydrogens (tertiary/aromatic N) is 3. The third-order valence-corrected chi connectivity index (χ3v) is 4.05. The largest absolute Gasteiger partial charge is 0.459 e. The van der Waals surface area contributed by atoms with E-state index in [4.69, 9.17) is 16.6 Å². The van der Waals surface area contributed by atoms with Gasteiger partial charge in [-0.3, -0.25) is 4.79 Å². The van der Waals surface area contributed by atoms with E-state index in [-0.39, 0.29) is 5.91 Å². The Morgan fingerprint density at radius 1 is 1.32 bits per heavy atom. The zero-order valence-electron chi connectivity index (χ0n) is 13.2. The fraction of sp³-hybridized carbons (Fsp3) is 0.600. The Hall–Kier alpha value is -1.60. The molecule has 0 unspecified atom stereocenters. The molecule has 1 N–H and O–H groups in total. The van der Waals surface area contributed by atoms with Gasteiger partial charge in [0.2, 0.25) is 0 Å². The van der Waals surface area contributed by atoms with Crippen molar-refractivity contribution < 1.29 is 9.21 Å². The van der Waals surface area contributed by atoms with Gasteiger partial charge in [-0.25, -0.2) is 0 Å². The van der Waals surface area contributed by atoms with Crippen LogP contribution in [0.2, 0.25) is 0 Å². The zero-order chi connectivity index (χ0) is 15.9. The van der Waals surface area contributed by atoms with E-state index in [1.807, 2.05) is 4.90 Å². The van der Waals surface area contributed by atoms with Gasteiger partial charge in [0, 0.05) is 32.7 Å². The quantitative estimate of drug-likeness (QED) is 0.641. The maximum Gasteiger partial charge on any atom is 0.289 e. The summed E-state index contributed by atoms with van der Waals surface area (Å²) in [5.41, 5.74) is 0. The van der Waals surface area contributed by atoms with Crippen molar-refractivity contribution in [3.05, 3.63) is 24.2 Å². The SMILES string of the molecule is CN(C)CCCNC(=S)N1CCN(C(=O)c2ccco2)CC1. The van der Waals surface area contributed by atoms with E-state index in [1.54, 1.807) is 12.1 Å². The molecule has 6 nitrogen and oxygen atoms in total. The van der Waals surface area contributed by atoms with E-state index in [0.29, 0.717) is 18.8 Å². The zero-order valence-corrected chi connectivity index (χ0v) is 14.1. The molecular formula is C15H24N4O2S. The third-order valence-electron chi connectivity index (χ3n) is 3.64. The predicted molar refractivity (Wildman–Crippen MR) is 90.0 cm³/mol. The second-order valence-corrected chi connectivity index (χ2v) is 6.03. The smallest absolute Gasteiger partial charge is 0.289 e. The number of thiocarbonyl (C=S) groups is 1. The number of carbonyl (C=O) groups excluding carboxylic acids is 1. The Labute approximate surface area is 137 Å². The standard InChI is InChI=1S/C15H24N4O2S/c1-17(2)7-4-6-16-15(22)19-10-8-18(9-11-19)14(20)13-5-3-12-21-13/h3,5,12H,4,6-11H2,1-2H3,(H,16,22). The van der Waals surface area contributed by atoms with Crippen molar-refractivity contribution in [2.45, 2.75) is 6.42 Å². The molecule has 2 heterocycles. The molecule has 1 aromatic rings. The van der Waals surface area contributed by atoms with Gasteiger partial charge in [0.05, 0.1) is 6.26 Å². The third kappa shape index (κ3) is 4.71. The van der Waals surface area contributed by atoms with Gasteiger partial charge < -0.3 is 24.4 Å². The van der Waals surface area contributed by atoms with Crippen molar-refractivity contribution in [3.8, 4) is 0 Å². The van der Waals surface area contributed by atoms with E-state index >= 15 is 0 Å². The van der Waals surface area contributed by atoms with Gasteiger partial charge in [-0.1, -0.05) is 0 Å². The molecule has 0 radical (unpaired) electrons. The lowest BCUT2D eigenvalue weighted by atomic mass is 10.3. The molecule has 1 aliphatic heterocycles. The van der Waals surface area contributed by atoms with Crippen molar-refractivity contribution >= 4 is 23.2 Å². The Balaban J connectivity index is 1.70. The molecule has 1 aliphatic rings. The first-order valence-corrected chi connectivity index (χ1v) is 7.99. The Morgan fingerprint density at radius 2 is 2.00 bits per heavy atom. The highest BCUT2D eigenvalue weighted by molar-refractivity contribution is 7.80. The maximum atomic E-state index is 12.2. The highest BCUT2D eigenvalue weighted by atomic mass is 32.1. The van der Waals surface area contributed by atoms with Crippen LogP contribution in [-0.4, -0.2) is 79.1 Å². The average molecular weight is 324 g/mol. The second kappa shape index (κ2) is 8.14. The first kappa shape index (κ1) is 16.8. The number of rotatable bonds is 5. The number of furan rings is 1. The van der Waals surface area contributed by atoms with Crippen LogP contribution in [0.3, 0.4) is 0 Å². The Morgan fingerprint density at radius 3 is 2.59 bits per heavy atom. The highest BCUT2D eigenvalue weighted by Gasteiger charge is 2.24. The summed E-state index contributed by atoms with van der Waals surface area (Å²) in [6, 6.07) is 3.43. The first-order chi connectivity index (χ1) is 10.6. The van der Waals surface area contributed by atoms with E-state index in [1.165, 1.54) is 6.26 Å². The van der Waals surface area contributed by atoms with Crippen LogP contribution < -0.4 is 5.32 Å². The first-order valence-electron chi connectivity index (χ1n) is 7.58. The lowest BCUT2D eigenvalue weighted by Gasteiger charge is -2.35. The van der Waals surface area contributed by atoms with E-state index in [0.717, 1.165) is 37.7 Å². The molecule has 1 amide bonds. The van der Waals surface area contributed by atoms with Gasteiger partial charge in [0.25, 0.3) is 5.91 Å². The summed E-state index contributed by atoms with van der Waals surface area (Å²) >= 11 is 5.42. The molecule has 1 fully saturated rings. The van der Waals surface area contributed by atoms with Gasteiger partial charge in [0.1, 0.15) is 0 Å². The molecule has 0 saturated carbocycles. The normalized spacial score (nSPS) is 15.2. The van der Waals surface area contributed by atoms with Crippen LogP contribution in [0.15, 0.2) is 22.8 Å². The number of piperazine rings is 1. The van der Waals surface area contributed by atoms with Crippen LogP contribution in [0.1, 0.15) is 17.0 Å². The summed E-state index contributed by atoms with van der Waals surface area (Å²) < 4.78 is 5.16. The molecule has 0 aliphatic carbocycles. The van der Waals surface area contributed by atoms with Crippen molar-refractivity contribution in [2.75, 3.05) is 53.4 Å². The second-order valence-electron chi connectivity index (χ2n) is 5.65. The number of hydrogen-bond acceptors (Lipinski definition) is 4. The minimum Gasteiger partial charge on any atom is -0.459 e. The van der Waals surface area contributed by atoms with Crippen LogP contribution in [0.25, 0.3) is 0 Å². The lowest BCUT2D eigenvalue weighted by Crippen LogP contribution is -2.53. The van der Waals surface area contributed by atoms with Crippen molar-refractivity contribution in [1.82, 2.24) is 20.0 Å². The topological polar surface area (TPSA) is 52.0 Å². The minimum absolute atomic E-state index is 0.0467. The average Bonchev–Trinajstić information content (AvgIpc) is 3.05. The van der Waals surface area contributed by atoms with Gasteiger partial charge >= 0.3 is 0 Å². The molecule has 7 heteroatoms. The van der Waals surface area contributed by atoms with Crippen molar-refractivity contribution in [2.24, 2.45) is 0 Å². The van der Waals surface area contributed by atoms with Gasteiger partial charge in [0.15, 0.2) is 10.9 Å². The molecule has 1 saturated heterocycles. The van der Waals surface area contributed by atoms with Gasteiger partial charge in [-0.2, -0.15) is 0 Å². The number of carbonyl (C=O) groups is 1. The van der Waals surface area contributed by atoms with Crippen LogP contribution in [-0.2, 0) is 0 Å². The Bertz CT molecular complexity index is 482. The van der Waals surface area contributed by atoms with Gasteiger partial charge in [-0.05, 0) is 51.4 Å². The summed E-state index contributed by atoms with van der Waals surface area (Å²) in [5, 5.41) is 4.07. The monoisotopic (exact) mass is 324 g/mol. The summed E-state index contributed by atoms with van der Waals surface area (Å²) in [7, 11) is 4.13. The predicted octanol–water partition coefficient (Wildman–Crippen LogP) is 0.864. The van der Waals surface area contributed by atoms with Crippen LogP contribution in [0, 0.1) is 0 Å². The maximum absolute atomic E-state index is 12.2. The molecule has 0 bridgehead atoms. The molecule has 2 rings (SSSR count). The fourth-order valence-electron chi connectivity index (χ4n) is 2.37. The van der Waals surface area contributed by atoms with E-state index in [2.05, 4.69) is 29.2 Å². The molecule has 0 atom stereocenters. The van der Waals surface area contributed by atoms with Crippen LogP contribution in [0.5, 0.6) is 0 Å². The summed E-state index contributed by atoms with van der Waals surface area (Å²) in [4.78, 5) is 18.3. The summed E-state index contributed by atoms with van der Waals surface area (Å²) in [6.45, 7) is 4.76. The molecule has 1 aromatic heterocycles. The van der Waals surface area contributed by atoms with Crippen molar-refractivity contribution in [3.63, 3.8) is 0 Å².